The van der Waals surface area contributed by atoms with Gasteiger partial charge in [-0.05, 0) is 25.1 Å². The van der Waals surface area contributed by atoms with Crippen molar-refractivity contribution in [1.29, 1.82) is 0 Å². The Morgan fingerprint density at radius 3 is 2.48 bits per heavy atom. The molecule has 1 heterocycles. The number of benzene rings is 2. The standard InChI is InChI=1S/C16H15N3O2/c1-10-12-5-3-4-6-13(12)16(19-18-10)21-15-9-11(17)7-8-14(15)20-2/h3-9H,17H2,1-2H3. The molecule has 21 heavy (non-hydrogen) atoms. The molecule has 0 radical (unpaired) electrons. The van der Waals surface area contributed by atoms with Gasteiger partial charge in [-0.15, -0.1) is 5.10 Å². The first-order valence-corrected chi connectivity index (χ1v) is 6.52. The monoisotopic (exact) mass is 281 g/mol. The SMILES string of the molecule is COc1ccc(N)cc1Oc1nnc(C)c2ccccc12. The van der Waals surface area contributed by atoms with Crippen LogP contribution in [0.3, 0.4) is 0 Å². The molecular formula is C16H15N3O2. The number of aromatic nitrogens is 2. The first kappa shape index (κ1) is 13.2. The molecule has 0 saturated carbocycles. The van der Waals surface area contributed by atoms with Crippen molar-refractivity contribution in [3.63, 3.8) is 0 Å². The smallest absolute Gasteiger partial charge is 0.246 e. The van der Waals surface area contributed by atoms with E-state index in [9.17, 15) is 0 Å². The van der Waals surface area contributed by atoms with E-state index in [2.05, 4.69) is 10.2 Å². The first-order valence-electron chi connectivity index (χ1n) is 6.52. The van der Waals surface area contributed by atoms with Gasteiger partial charge in [-0.1, -0.05) is 18.2 Å². The lowest BCUT2D eigenvalue weighted by atomic mass is 10.1. The molecule has 1 aromatic heterocycles. The highest BCUT2D eigenvalue weighted by molar-refractivity contribution is 5.88. The Morgan fingerprint density at radius 2 is 1.71 bits per heavy atom. The molecule has 0 aliphatic heterocycles. The molecule has 0 atom stereocenters. The maximum Gasteiger partial charge on any atom is 0.246 e. The van der Waals surface area contributed by atoms with Crippen molar-refractivity contribution in [1.82, 2.24) is 10.2 Å². The Labute approximate surface area is 122 Å². The van der Waals surface area contributed by atoms with E-state index in [0.29, 0.717) is 23.1 Å². The predicted octanol–water partition coefficient (Wildman–Crippen LogP) is 3.32. The first-order chi connectivity index (χ1) is 10.2. The molecule has 5 nitrogen and oxygen atoms in total. The summed E-state index contributed by atoms with van der Waals surface area (Å²) in [6.07, 6.45) is 0. The molecule has 0 aliphatic rings. The van der Waals surface area contributed by atoms with Gasteiger partial charge >= 0.3 is 0 Å². The number of nitrogens with two attached hydrogens (primary N) is 1. The molecule has 0 saturated heterocycles. The van der Waals surface area contributed by atoms with Crippen LogP contribution in [0.25, 0.3) is 10.8 Å². The average Bonchev–Trinajstić information content (AvgIpc) is 2.51. The molecule has 3 aromatic rings. The summed E-state index contributed by atoms with van der Waals surface area (Å²) < 4.78 is 11.2. The van der Waals surface area contributed by atoms with Crippen LogP contribution in [0.15, 0.2) is 42.5 Å². The van der Waals surface area contributed by atoms with Crippen LogP contribution in [0.4, 0.5) is 5.69 Å². The van der Waals surface area contributed by atoms with Gasteiger partial charge in [0.1, 0.15) is 0 Å². The molecule has 0 bridgehead atoms. The fraction of sp³-hybridized carbons (Fsp3) is 0.125. The fourth-order valence-corrected chi connectivity index (χ4v) is 2.17. The number of rotatable bonds is 3. The molecule has 3 rings (SSSR count). The lowest BCUT2D eigenvalue weighted by molar-refractivity contribution is 0.374. The van der Waals surface area contributed by atoms with Crippen LogP contribution in [-0.4, -0.2) is 17.3 Å². The highest BCUT2D eigenvalue weighted by atomic mass is 16.5. The van der Waals surface area contributed by atoms with Crippen molar-refractivity contribution >= 4 is 16.5 Å². The topological polar surface area (TPSA) is 70.3 Å². The van der Waals surface area contributed by atoms with Crippen molar-refractivity contribution in [3.05, 3.63) is 48.2 Å². The zero-order valence-electron chi connectivity index (χ0n) is 11.8. The van der Waals surface area contributed by atoms with Crippen molar-refractivity contribution < 1.29 is 9.47 Å². The molecule has 0 fully saturated rings. The molecule has 0 spiro atoms. The molecule has 0 aliphatic carbocycles. The Kier molecular flexibility index (Phi) is 3.31. The molecule has 2 aromatic carbocycles. The zero-order chi connectivity index (χ0) is 14.8. The summed E-state index contributed by atoms with van der Waals surface area (Å²) in [5, 5.41) is 10.2. The maximum absolute atomic E-state index is 5.87. The second-order valence-electron chi connectivity index (χ2n) is 4.65. The largest absolute Gasteiger partial charge is 0.493 e. The molecule has 106 valence electrons. The van der Waals surface area contributed by atoms with Gasteiger partial charge in [0.15, 0.2) is 11.5 Å². The van der Waals surface area contributed by atoms with Gasteiger partial charge in [-0.25, -0.2) is 0 Å². The Balaban J connectivity index is 2.11. The van der Waals surface area contributed by atoms with E-state index in [1.165, 1.54) is 0 Å². The highest BCUT2D eigenvalue weighted by Crippen LogP contribution is 2.35. The molecule has 2 N–H and O–H groups in total. The normalized spacial score (nSPS) is 10.6. The summed E-state index contributed by atoms with van der Waals surface area (Å²) in [6.45, 7) is 1.92. The number of nitrogens with zero attached hydrogens (tertiary/aromatic N) is 2. The molecule has 0 amide bonds. The van der Waals surface area contributed by atoms with E-state index in [1.54, 1.807) is 25.3 Å². The van der Waals surface area contributed by atoms with E-state index < -0.39 is 0 Å². The summed E-state index contributed by atoms with van der Waals surface area (Å²) >= 11 is 0. The summed E-state index contributed by atoms with van der Waals surface area (Å²) in [5.74, 6) is 1.54. The van der Waals surface area contributed by atoms with Gasteiger partial charge in [-0.2, -0.15) is 5.10 Å². The van der Waals surface area contributed by atoms with Crippen LogP contribution in [0.5, 0.6) is 17.4 Å². The minimum atomic E-state index is 0.431. The van der Waals surface area contributed by atoms with Crippen LogP contribution in [0.1, 0.15) is 5.69 Å². The number of ether oxygens (including phenoxy) is 2. The third-order valence-electron chi connectivity index (χ3n) is 3.23. The van der Waals surface area contributed by atoms with Crippen molar-refractivity contribution in [2.45, 2.75) is 6.92 Å². The summed E-state index contributed by atoms with van der Waals surface area (Å²) in [5.41, 5.74) is 7.25. The van der Waals surface area contributed by atoms with E-state index in [0.717, 1.165) is 16.5 Å². The van der Waals surface area contributed by atoms with Gasteiger partial charge < -0.3 is 15.2 Å². The number of hydrogen-bond acceptors (Lipinski definition) is 5. The molecule has 5 heteroatoms. The zero-order valence-corrected chi connectivity index (χ0v) is 11.8. The number of methoxy groups -OCH3 is 1. The average molecular weight is 281 g/mol. The highest BCUT2D eigenvalue weighted by Gasteiger charge is 2.11. The quantitative estimate of drug-likeness (QED) is 0.746. The molecular weight excluding hydrogens is 266 g/mol. The fourth-order valence-electron chi connectivity index (χ4n) is 2.17. The van der Waals surface area contributed by atoms with E-state index in [4.69, 9.17) is 15.2 Å². The lowest BCUT2D eigenvalue weighted by Crippen LogP contribution is -1.97. The molecule has 0 unspecified atom stereocenters. The van der Waals surface area contributed by atoms with E-state index in [1.807, 2.05) is 31.2 Å². The van der Waals surface area contributed by atoms with Crippen LogP contribution >= 0.6 is 0 Å². The summed E-state index contributed by atoms with van der Waals surface area (Å²) in [7, 11) is 1.58. The van der Waals surface area contributed by atoms with Gasteiger partial charge in [-0.3, -0.25) is 0 Å². The van der Waals surface area contributed by atoms with Crippen molar-refractivity contribution in [3.8, 4) is 17.4 Å². The Morgan fingerprint density at radius 1 is 0.952 bits per heavy atom. The number of aryl methyl sites for hydroxylation is 1. The van der Waals surface area contributed by atoms with Crippen molar-refractivity contribution in [2.24, 2.45) is 0 Å². The van der Waals surface area contributed by atoms with Crippen LogP contribution in [0.2, 0.25) is 0 Å². The van der Waals surface area contributed by atoms with Gasteiger partial charge in [0.2, 0.25) is 5.88 Å². The number of hydrogen-bond donors (Lipinski definition) is 1. The third-order valence-corrected chi connectivity index (χ3v) is 3.23. The van der Waals surface area contributed by atoms with Gasteiger partial charge in [0.05, 0.1) is 12.8 Å². The number of fused-ring (bicyclic) bond motifs is 1. The van der Waals surface area contributed by atoms with Gasteiger partial charge in [0.25, 0.3) is 0 Å². The maximum atomic E-state index is 5.87. The van der Waals surface area contributed by atoms with E-state index >= 15 is 0 Å². The minimum absolute atomic E-state index is 0.431. The number of anilines is 1. The summed E-state index contributed by atoms with van der Waals surface area (Å²) in [4.78, 5) is 0. The lowest BCUT2D eigenvalue weighted by Gasteiger charge is -2.12. The minimum Gasteiger partial charge on any atom is -0.493 e. The van der Waals surface area contributed by atoms with Crippen LogP contribution in [-0.2, 0) is 0 Å². The Hall–Kier alpha value is -2.82. The van der Waals surface area contributed by atoms with E-state index in [-0.39, 0.29) is 0 Å². The van der Waals surface area contributed by atoms with Crippen LogP contribution < -0.4 is 15.2 Å². The van der Waals surface area contributed by atoms with Gasteiger partial charge in [0, 0.05) is 22.5 Å². The second-order valence-corrected chi connectivity index (χ2v) is 4.65. The Bertz CT molecular complexity index is 803. The van der Waals surface area contributed by atoms with Crippen LogP contribution in [0, 0.1) is 6.92 Å². The predicted molar refractivity (Wildman–Crippen MR) is 81.8 cm³/mol. The number of nitrogen functional groups attached to an aromatic ring is 1. The summed E-state index contributed by atoms with van der Waals surface area (Å²) in [6, 6.07) is 13.1. The second kappa shape index (κ2) is 5.28. The van der Waals surface area contributed by atoms with Crippen molar-refractivity contribution in [2.75, 3.05) is 12.8 Å². The third kappa shape index (κ3) is 2.45.